The number of fused-ring (bicyclic) bond motifs is 7. The summed E-state index contributed by atoms with van der Waals surface area (Å²) in [6.07, 6.45) is 0. The van der Waals surface area contributed by atoms with Gasteiger partial charge in [0.15, 0.2) is 0 Å². The molecule has 0 atom stereocenters. The molecule has 2 aromatic heterocycles. The Kier molecular flexibility index (Phi) is 10.6. The molecule has 0 spiro atoms. The van der Waals surface area contributed by atoms with E-state index < -0.39 is 0 Å². The molecule has 10 aromatic rings. The molecule has 2 heterocycles. The van der Waals surface area contributed by atoms with E-state index in [1.807, 2.05) is 11.3 Å². The fourth-order valence-electron chi connectivity index (χ4n) is 10.6. The molecule has 0 amide bonds. The summed E-state index contributed by atoms with van der Waals surface area (Å²) in [6, 6.07) is 61.1. The summed E-state index contributed by atoms with van der Waals surface area (Å²) in [4.78, 5) is 5.08. The number of nitrogens with zero attached hydrogens (tertiary/aromatic N) is 2. The first-order valence-corrected chi connectivity index (χ1v) is 25.7. The molecular weight excluding hydrogens is 960 g/mol. The lowest BCUT2D eigenvalue weighted by Crippen LogP contribution is -2.18. The van der Waals surface area contributed by atoms with Gasteiger partial charge < -0.3 is 14.2 Å². The Labute approximate surface area is 419 Å². The Morgan fingerprint density at radius 2 is 1.16 bits per heavy atom. The monoisotopic (exact) mass is 1020 g/mol. The quantitative estimate of drug-likeness (QED) is 0.148. The smallest absolute Gasteiger partial charge is 0.137 e. The van der Waals surface area contributed by atoms with Crippen molar-refractivity contribution in [2.45, 2.75) is 85.5 Å². The highest BCUT2D eigenvalue weighted by Crippen LogP contribution is 2.56. The van der Waals surface area contributed by atoms with E-state index in [9.17, 15) is 0 Å². The van der Waals surface area contributed by atoms with Gasteiger partial charge in [0.25, 0.3) is 0 Å². The van der Waals surface area contributed by atoms with E-state index in [1.54, 1.807) is 0 Å². The number of para-hydroxylation sites is 1. The summed E-state index contributed by atoms with van der Waals surface area (Å²) in [6.45, 7) is 23.1. The molecule has 0 bridgehead atoms. The minimum atomic E-state index is -0.0937. The van der Waals surface area contributed by atoms with Gasteiger partial charge in [0.2, 0.25) is 0 Å². The molecule has 5 heteroatoms. The zero-order valence-corrected chi connectivity index (χ0v) is 43.7. The summed E-state index contributed by atoms with van der Waals surface area (Å²) in [5.41, 5.74) is 21.1. The van der Waals surface area contributed by atoms with Crippen molar-refractivity contribution < 1.29 is 4.42 Å². The Balaban J connectivity index is 1.24. The van der Waals surface area contributed by atoms with Crippen LogP contribution in [0.5, 0.6) is 0 Å². The van der Waals surface area contributed by atoms with E-state index >= 15 is 0 Å². The number of furan rings is 1. The van der Waals surface area contributed by atoms with Gasteiger partial charge in [0.05, 0.1) is 31.0 Å². The number of anilines is 6. The van der Waals surface area contributed by atoms with Gasteiger partial charge in [-0.25, -0.2) is 0 Å². The topological polar surface area (TPSA) is 19.6 Å². The van der Waals surface area contributed by atoms with E-state index in [2.05, 4.69) is 265 Å². The molecule has 338 valence electrons. The van der Waals surface area contributed by atoms with Crippen molar-refractivity contribution in [2.75, 3.05) is 9.80 Å². The molecule has 0 radical (unpaired) electrons. The van der Waals surface area contributed by atoms with Gasteiger partial charge in [-0.05, 0) is 164 Å². The molecule has 0 N–H and O–H groups in total. The average molecular weight is 1020 g/mol. The molecule has 0 unspecified atom stereocenters. The number of thiophene rings is 1. The van der Waals surface area contributed by atoms with E-state index in [4.69, 9.17) is 4.42 Å². The Morgan fingerprint density at radius 1 is 0.515 bits per heavy atom. The summed E-state index contributed by atoms with van der Waals surface area (Å²) in [5.74, 6) is 0. The molecule has 0 fully saturated rings. The van der Waals surface area contributed by atoms with Crippen LogP contribution in [0.4, 0.5) is 34.1 Å². The van der Waals surface area contributed by atoms with Crippen LogP contribution in [0.25, 0.3) is 54.3 Å². The van der Waals surface area contributed by atoms with Crippen LogP contribution in [0.1, 0.15) is 88.8 Å². The molecule has 3 nitrogen and oxygen atoms in total. The first kappa shape index (κ1) is 44.4. The van der Waals surface area contributed by atoms with Gasteiger partial charge in [-0.2, -0.15) is 0 Å². The highest BCUT2D eigenvalue weighted by Gasteiger charge is 2.37. The Bertz CT molecular complexity index is 3600. The van der Waals surface area contributed by atoms with Gasteiger partial charge >= 0.3 is 0 Å². The van der Waals surface area contributed by atoms with Gasteiger partial charge in [-0.3, -0.25) is 0 Å². The highest BCUT2D eigenvalue weighted by atomic mass is 127. The first-order valence-electron chi connectivity index (χ1n) is 23.8. The van der Waals surface area contributed by atoms with Crippen LogP contribution in [-0.4, -0.2) is 0 Å². The number of halogens is 1. The van der Waals surface area contributed by atoms with E-state index in [1.165, 1.54) is 57.6 Å². The second-order valence-electron chi connectivity index (χ2n) is 21.3. The average Bonchev–Trinajstić information content (AvgIpc) is 3.93. The fourth-order valence-corrected chi connectivity index (χ4v) is 12.8. The minimum Gasteiger partial charge on any atom is -0.456 e. The van der Waals surface area contributed by atoms with Gasteiger partial charge in [-0.1, -0.05) is 159 Å². The standard InChI is InChI=1S/C63H57IN2OS/c1-38-33-43(62(6,7)8)29-32-51(38)66(52-24-18-26-56-58(52)46-22-15-17-25-55(46)67-56)54-35-41(40-19-12-11-13-20-40)34-53(39(54)2)65(44-30-27-42(28-31-44)61(3,4)5)59-48-36-47-45-21-14-16-23-49(45)63(9,10)50(47)37-57(48)68-60(59)64/h11-37H,1-10H3. The number of hydrogen-bond donors (Lipinski definition) is 0. The van der Waals surface area contributed by atoms with Gasteiger partial charge in [0, 0.05) is 32.3 Å². The third kappa shape index (κ3) is 7.27. The SMILES string of the molecule is Cc1cc(C(C)(C)C)ccc1N(c1cc(-c2ccccc2)cc(N(c2ccc(C(C)(C)C)cc2)c2c(I)sc3cc4c(cc23)-c2ccccc2C4(C)C)c1C)c1cccc2oc3ccccc3c12. The van der Waals surface area contributed by atoms with E-state index in [-0.39, 0.29) is 16.2 Å². The lowest BCUT2D eigenvalue weighted by Gasteiger charge is -2.34. The van der Waals surface area contributed by atoms with Gasteiger partial charge in [0.1, 0.15) is 11.2 Å². The van der Waals surface area contributed by atoms with Gasteiger partial charge in [-0.15, -0.1) is 11.3 Å². The summed E-state index contributed by atoms with van der Waals surface area (Å²) in [5, 5.41) is 3.46. The molecule has 11 rings (SSSR count). The van der Waals surface area contributed by atoms with Crippen molar-refractivity contribution in [1.82, 2.24) is 0 Å². The maximum Gasteiger partial charge on any atom is 0.137 e. The maximum absolute atomic E-state index is 6.62. The van der Waals surface area contributed by atoms with Crippen LogP contribution < -0.4 is 9.80 Å². The van der Waals surface area contributed by atoms with Crippen LogP contribution >= 0.6 is 33.9 Å². The summed E-state index contributed by atoms with van der Waals surface area (Å²) < 4.78 is 9.17. The van der Waals surface area contributed by atoms with Crippen molar-refractivity contribution in [3.63, 3.8) is 0 Å². The van der Waals surface area contributed by atoms with Crippen LogP contribution in [0.15, 0.2) is 168 Å². The predicted molar refractivity (Wildman–Crippen MR) is 301 cm³/mol. The number of hydrogen-bond acceptors (Lipinski definition) is 4. The lowest BCUT2D eigenvalue weighted by molar-refractivity contribution is 0.589. The lowest BCUT2D eigenvalue weighted by atomic mass is 9.82. The highest BCUT2D eigenvalue weighted by molar-refractivity contribution is 14.1. The third-order valence-electron chi connectivity index (χ3n) is 14.4. The molecule has 0 saturated carbocycles. The van der Waals surface area contributed by atoms with E-state index in [0.29, 0.717) is 0 Å². The molecule has 8 aromatic carbocycles. The third-order valence-corrected chi connectivity index (χ3v) is 16.5. The van der Waals surface area contributed by atoms with Crippen molar-refractivity contribution >= 4 is 100 Å². The molecule has 0 saturated heterocycles. The Morgan fingerprint density at radius 3 is 1.88 bits per heavy atom. The molecule has 1 aliphatic rings. The number of benzene rings is 8. The zero-order valence-electron chi connectivity index (χ0n) is 40.7. The predicted octanol–water partition coefficient (Wildman–Crippen LogP) is 19.5. The van der Waals surface area contributed by atoms with Crippen LogP contribution in [-0.2, 0) is 16.2 Å². The molecule has 68 heavy (non-hydrogen) atoms. The largest absolute Gasteiger partial charge is 0.456 e. The van der Waals surface area contributed by atoms with Crippen molar-refractivity contribution in [3.8, 4) is 22.3 Å². The zero-order chi connectivity index (χ0) is 47.4. The van der Waals surface area contributed by atoms with Crippen LogP contribution in [0.2, 0.25) is 0 Å². The summed E-state index contributed by atoms with van der Waals surface area (Å²) in [7, 11) is 0. The fraction of sp³-hybridized carbons (Fsp3) is 0.206. The van der Waals surface area contributed by atoms with Crippen molar-refractivity contribution in [2.24, 2.45) is 0 Å². The van der Waals surface area contributed by atoms with Crippen LogP contribution in [0.3, 0.4) is 0 Å². The maximum atomic E-state index is 6.62. The van der Waals surface area contributed by atoms with Crippen LogP contribution in [0, 0.1) is 16.7 Å². The minimum absolute atomic E-state index is 0.00307. The number of rotatable bonds is 7. The second kappa shape index (κ2) is 16.2. The molecular formula is C63H57IN2OS. The molecule has 0 aliphatic heterocycles. The first-order chi connectivity index (χ1) is 32.5. The Hall–Kier alpha value is -6.15. The summed E-state index contributed by atoms with van der Waals surface area (Å²) >= 11 is 4.52. The van der Waals surface area contributed by atoms with E-state index in [0.717, 1.165) is 67.1 Å². The van der Waals surface area contributed by atoms with Crippen molar-refractivity contribution in [1.29, 1.82) is 0 Å². The molecule has 1 aliphatic carbocycles. The number of aryl methyl sites for hydroxylation is 1. The normalized spacial score (nSPS) is 13.3. The van der Waals surface area contributed by atoms with Crippen molar-refractivity contribution in [3.05, 3.63) is 200 Å². The second-order valence-corrected chi connectivity index (χ2v) is 24.1.